The maximum Gasteiger partial charge on any atom is 0.231 e. The van der Waals surface area contributed by atoms with E-state index in [0.29, 0.717) is 18.7 Å². The molecular formula is C17H18FNO3. The molecule has 1 unspecified atom stereocenters. The highest BCUT2D eigenvalue weighted by molar-refractivity contribution is 5.48. The lowest BCUT2D eigenvalue weighted by Crippen LogP contribution is -2.35. The van der Waals surface area contributed by atoms with Crippen molar-refractivity contribution in [2.75, 3.05) is 13.3 Å². The lowest BCUT2D eigenvalue weighted by molar-refractivity contribution is 0.0565. The molecule has 1 heterocycles. The van der Waals surface area contributed by atoms with Crippen LogP contribution >= 0.6 is 0 Å². The van der Waals surface area contributed by atoms with E-state index in [1.54, 1.807) is 19.1 Å². The zero-order chi connectivity index (χ0) is 15.6. The number of fused-ring (bicyclic) bond motifs is 1. The fourth-order valence-corrected chi connectivity index (χ4v) is 2.48. The minimum absolute atomic E-state index is 0.236. The number of rotatable bonds is 5. The lowest BCUT2D eigenvalue weighted by atomic mass is 9.96. The van der Waals surface area contributed by atoms with Crippen molar-refractivity contribution in [2.24, 2.45) is 0 Å². The number of para-hydroxylation sites is 1. The van der Waals surface area contributed by atoms with E-state index in [1.807, 2.05) is 18.2 Å². The van der Waals surface area contributed by atoms with Crippen molar-refractivity contribution in [3.05, 3.63) is 59.4 Å². The molecule has 1 atom stereocenters. The van der Waals surface area contributed by atoms with Gasteiger partial charge in [0.1, 0.15) is 5.82 Å². The van der Waals surface area contributed by atoms with Crippen LogP contribution in [-0.4, -0.2) is 18.4 Å². The molecule has 1 aliphatic heterocycles. The Bertz CT molecular complexity index is 655. The van der Waals surface area contributed by atoms with Gasteiger partial charge in [0.25, 0.3) is 0 Å². The van der Waals surface area contributed by atoms with Gasteiger partial charge in [0.2, 0.25) is 6.79 Å². The van der Waals surface area contributed by atoms with Gasteiger partial charge >= 0.3 is 0 Å². The van der Waals surface area contributed by atoms with E-state index in [9.17, 15) is 9.50 Å². The van der Waals surface area contributed by atoms with E-state index in [4.69, 9.17) is 9.47 Å². The van der Waals surface area contributed by atoms with Crippen LogP contribution in [-0.2, 0) is 12.1 Å². The Labute approximate surface area is 128 Å². The third-order valence-electron chi connectivity index (χ3n) is 3.73. The quantitative estimate of drug-likeness (QED) is 0.891. The first-order valence-corrected chi connectivity index (χ1v) is 7.13. The van der Waals surface area contributed by atoms with Crippen molar-refractivity contribution < 1.29 is 19.0 Å². The number of hydrogen-bond acceptors (Lipinski definition) is 4. The lowest BCUT2D eigenvalue weighted by Gasteiger charge is -2.24. The molecule has 116 valence electrons. The van der Waals surface area contributed by atoms with Gasteiger partial charge in [0, 0.05) is 18.7 Å². The van der Waals surface area contributed by atoms with Crippen molar-refractivity contribution in [3.63, 3.8) is 0 Å². The summed E-state index contributed by atoms with van der Waals surface area (Å²) in [6, 6.07) is 11.6. The Kier molecular flexibility index (Phi) is 4.00. The summed E-state index contributed by atoms with van der Waals surface area (Å²) in [5.74, 6) is 1.17. The molecule has 3 rings (SSSR count). The first-order valence-electron chi connectivity index (χ1n) is 7.13. The summed E-state index contributed by atoms with van der Waals surface area (Å²) in [5.41, 5.74) is 0.562. The minimum atomic E-state index is -1.08. The molecule has 0 amide bonds. The molecule has 0 saturated heterocycles. The van der Waals surface area contributed by atoms with E-state index in [0.717, 1.165) is 17.1 Å². The predicted octanol–water partition coefficient (Wildman–Crippen LogP) is 2.55. The van der Waals surface area contributed by atoms with Gasteiger partial charge in [-0.1, -0.05) is 24.3 Å². The first-order chi connectivity index (χ1) is 10.6. The molecule has 0 radical (unpaired) electrons. The molecule has 1 aliphatic rings. The summed E-state index contributed by atoms with van der Waals surface area (Å²) in [7, 11) is 0. The number of halogens is 1. The SMILES string of the molecule is CC(O)(CNCc1cccc2c1OCO2)c1ccc(F)cc1. The van der Waals surface area contributed by atoms with Gasteiger partial charge in [0.05, 0.1) is 5.60 Å². The highest BCUT2D eigenvalue weighted by Crippen LogP contribution is 2.35. The maximum absolute atomic E-state index is 13.0. The third-order valence-corrected chi connectivity index (χ3v) is 3.73. The first kappa shape index (κ1) is 14.8. The Morgan fingerprint density at radius 2 is 1.95 bits per heavy atom. The van der Waals surface area contributed by atoms with Gasteiger partial charge in [-0.25, -0.2) is 4.39 Å². The van der Waals surface area contributed by atoms with Gasteiger partial charge in [-0.05, 0) is 30.7 Å². The van der Waals surface area contributed by atoms with E-state index in [1.165, 1.54) is 12.1 Å². The van der Waals surface area contributed by atoms with Gasteiger partial charge in [-0.3, -0.25) is 0 Å². The van der Waals surface area contributed by atoms with Crippen LogP contribution in [0.2, 0.25) is 0 Å². The van der Waals surface area contributed by atoms with Gasteiger partial charge in [-0.15, -0.1) is 0 Å². The molecule has 0 aliphatic carbocycles. The molecule has 2 aromatic rings. The van der Waals surface area contributed by atoms with Gasteiger partial charge < -0.3 is 19.9 Å². The van der Waals surface area contributed by atoms with E-state index >= 15 is 0 Å². The molecule has 2 N–H and O–H groups in total. The van der Waals surface area contributed by atoms with Crippen LogP contribution in [0, 0.1) is 5.82 Å². The number of nitrogens with one attached hydrogen (secondary N) is 1. The molecule has 0 bridgehead atoms. The topological polar surface area (TPSA) is 50.7 Å². The van der Waals surface area contributed by atoms with E-state index in [-0.39, 0.29) is 12.6 Å². The van der Waals surface area contributed by atoms with Crippen LogP contribution in [0.5, 0.6) is 11.5 Å². The van der Waals surface area contributed by atoms with Crippen molar-refractivity contribution in [1.82, 2.24) is 5.32 Å². The standard InChI is InChI=1S/C17H18FNO3/c1-17(20,13-5-7-14(18)8-6-13)10-19-9-12-3-2-4-15-16(12)22-11-21-15/h2-8,19-20H,9-11H2,1H3. The van der Waals surface area contributed by atoms with E-state index in [2.05, 4.69) is 5.32 Å². The minimum Gasteiger partial charge on any atom is -0.454 e. The van der Waals surface area contributed by atoms with Crippen molar-refractivity contribution in [1.29, 1.82) is 0 Å². The summed E-state index contributed by atoms with van der Waals surface area (Å²) in [6.45, 7) is 2.81. The van der Waals surface area contributed by atoms with E-state index < -0.39 is 5.60 Å². The summed E-state index contributed by atoms with van der Waals surface area (Å²) in [4.78, 5) is 0. The van der Waals surface area contributed by atoms with Crippen LogP contribution in [0.3, 0.4) is 0 Å². The van der Waals surface area contributed by atoms with Crippen LogP contribution < -0.4 is 14.8 Å². The molecule has 0 aromatic heterocycles. The molecule has 0 spiro atoms. The Morgan fingerprint density at radius 1 is 1.18 bits per heavy atom. The largest absolute Gasteiger partial charge is 0.454 e. The molecule has 0 saturated carbocycles. The van der Waals surface area contributed by atoms with Crippen LogP contribution in [0.1, 0.15) is 18.1 Å². The third kappa shape index (κ3) is 3.05. The Hall–Kier alpha value is -2.11. The molecule has 4 nitrogen and oxygen atoms in total. The highest BCUT2D eigenvalue weighted by Gasteiger charge is 2.23. The number of ether oxygens (including phenoxy) is 2. The number of aliphatic hydroxyl groups is 1. The zero-order valence-corrected chi connectivity index (χ0v) is 12.3. The summed E-state index contributed by atoms with van der Waals surface area (Å²) in [6.07, 6.45) is 0. The zero-order valence-electron chi connectivity index (χ0n) is 12.3. The number of hydrogen-bond donors (Lipinski definition) is 2. The Balaban J connectivity index is 1.63. The van der Waals surface area contributed by atoms with Gasteiger partial charge in [0.15, 0.2) is 11.5 Å². The average molecular weight is 303 g/mol. The molecule has 5 heteroatoms. The second-order valence-corrected chi connectivity index (χ2v) is 5.54. The molecule has 2 aromatic carbocycles. The normalized spacial score (nSPS) is 15.6. The summed E-state index contributed by atoms with van der Waals surface area (Å²) in [5, 5.41) is 13.7. The maximum atomic E-state index is 13.0. The van der Waals surface area contributed by atoms with Crippen LogP contribution in [0.15, 0.2) is 42.5 Å². The average Bonchev–Trinajstić information content (AvgIpc) is 2.97. The Morgan fingerprint density at radius 3 is 2.73 bits per heavy atom. The monoisotopic (exact) mass is 303 g/mol. The van der Waals surface area contributed by atoms with Crippen molar-refractivity contribution in [3.8, 4) is 11.5 Å². The summed E-state index contributed by atoms with van der Waals surface area (Å²) < 4.78 is 23.7. The molecule has 22 heavy (non-hydrogen) atoms. The second-order valence-electron chi connectivity index (χ2n) is 5.54. The molecule has 0 fully saturated rings. The number of benzene rings is 2. The smallest absolute Gasteiger partial charge is 0.231 e. The van der Waals surface area contributed by atoms with Crippen molar-refractivity contribution >= 4 is 0 Å². The summed E-state index contributed by atoms with van der Waals surface area (Å²) >= 11 is 0. The van der Waals surface area contributed by atoms with Crippen LogP contribution in [0.4, 0.5) is 4.39 Å². The van der Waals surface area contributed by atoms with Crippen LogP contribution in [0.25, 0.3) is 0 Å². The fourth-order valence-electron chi connectivity index (χ4n) is 2.48. The fraction of sp³-hybridized carbons (Fsp3) is 0.294. The second kappa shape index (κ2) is 5.94. The highest BCUT2D eigenvalue weighted by atomic mass is 19.1. The van der Waals surface area contributed by atoms with Crippen molar-refractivity contribution in [2.45, 2.75) is 19.1 Å². The predicted molar refractivity (Wildman–Crippen MR) is 80.2 cm³/mol. The van der Waals surface area contributed by atoms with Gasteiger partial charge in [-0.2, -0.15) is 0 Å². The molecular weight excluding hydrogens is 285 g/mol.